The van der Waals surface area contributed by atoms with Gasteiger partial charge in [-0.1, -0.05) is 36.4 Å². The molecule has 0 radical (unpaired) electrons. The van der Waals surface area contributed by atoms with E-state index < -0.39 is 5.60 Å². The highest BCUT2D eigenvalue weighted by molar-refractivity contribution is 5.75. The van der Waals surface area contributed by atoms with Crippen molar-refractivity contribution in [1.29, 1.82) is 0 Å². The summed E-state index contributed by atoms with van der Waals surface area (Å²) in [7, 11) is 0. The first-order chi connectivity index (χ1) is 14.0. The minimum Gasteiger partial charge on any atom is -0.386 e. The summed E-state index contributed by atoms with van der Waals surface area (Å²) < 4.78 is 1.99. The lowest BCUT2D eigenvalue weighted by Gasteiger charge is -2.18. The maximum atomic E-state index is 10.2. The summed E-state index contributed by atoms with van der Waals surface area (Å²) in [5.74, 6) is 0.696. The molecule has 0 spiro atoms. The number of rotatable bonds is 4. The van der Waals surface area contributed by atoms with E-state index in [0.29, 0.717) is 5.82 Å². The maximum absolute atomic E-state index is 10.2. The lowest BCUT2D eigenvalue weighted by molar-refractivity contribution is 0.0786. The van der Waals surface area contributed by atoms with Gasteiger partial charge in [0.2, 0.25) is 0 Å². The van der Waals surface area contributed by atoms with Crippen LogP contribution >= 0.6 is 0 Å². The summed E-state index contributed by atoms with van der Waals surface area (Å²) in [5, 5.41) is 13.5. The zero-order valence-corrected chi connectivity index (χ0v) is 16.4. The van der Waals surface area contributed by atoms with Gasteiger partial charge in [0, 0.05) is 29.8 Å². The fraction of sp³-hybridized carbons (Fsp3) is 0.167. The quantitative estimate of drug-likeness (QED) is 0.525. The van der Waals surface area contributed by atoms with Gasteiger partial charge in [-0.15, -0.1) is 0 Å². The Balaban J connectivity index is 1.53. The summed E-state index contributed by atoms with van der Waals surface area (Å²) in [6, 6.07) is 14.2. The van der Waals surface area contributed by atoms with Crippen LogP contribution < -0.4 is 5.32 Å². The zero-order valence-electron chi connectivity index (χ0n) is 16.4. The Morgan fingerprint density at radius 2 is 1.93 bits per heavy atom. The lowest BCUT2D eigenvalue weighted by Crippen LogP contribution is -2.15. The van der Waals surface area contributed by atoms with Gasteiger partial charge in [0.1, 0.15) is 0 Å². The van der Waals surface area contributed by atoms with Gasteiger partial charge in [0.25, 0.3) is 0 Å². The molecule has 0 bridgehead atoms. The SMILES string of the molecule is CC(C)(O)c1ccc(Nc2nc(-c3ccc4c(c3)CC=C4)cn3ccnc23)cc1. The van der Waals surface area contributed by atoms with Crippen molar-refractivity contribution in [3.63, 3.8) is 0 Å². The van der Waals surface area contributed by atoms with E-state index in [1.165, 1.54) is 11.1 Å². The van der Waals surface area contributed by atoms with Gasteiger partial charge >= 0.3 is 0 Å². The van der Waals surface area contributed by atoms with Crippen LogP contribution in [0.2, 0.25) is 0 Å². The van der Waals surface area contributed by atoms with E-state index in [0.717, 1.165) is 34.6 Å². The molecular formula is C24H22N4O. The first-order valence-electron chi connectivity index (χ1n) is 9.71. The molecule has 0 aliphatic heterocycles. The lowest BCUT2D eigenvalue weighted by atomic mass is 9.98. The number of benzene rings is 2. The molecule has 0 saturated carbocycles. The normalized spacial score (nSPS) is 13.1. The molecule has 2 aromatic heterocycles. The van der Waals surface area contributed by atoms with Gasteiger partial charge in [-0.2, -0.15) is 0 Å². The Hall–Kier alpha value is -3.44. The van der Waals surface area contributed by atoms with Crippen LogP contribution in [-0.4, -0.2) is 19.5 Å². The van der Waals surface area contributed by atoms with Gasteiger partial charge < -0.3 is 14.8 Å². The molecule has 29 heavy (non-hydrogen) atoms. The first-order valence-corrected chi connectivity index (χ1v) is 9.71. The fourth-order valence-corrected chi connectivity index (χ4v) is 3.67. The summed E-state index contributed by atoms with van der Waals surface area (Å²) in [6.45, 7) is 3.56. The number of allylic oxidation sites excluding steroid dienone is 1. The van der Waals surface area contributed by atoms with Crippen LogP contribution in [0.1, 0.15) is 30.5 Å². The van der Waals surface area contributed by atoms with Crippen molar-refractivity contribution in [2.24, 2.45) is 0 Å². The van der Waals surface area contributed by atoms with E-state index in [4.69, 9.17) is 4.98 Å². The van der Waals surface area contributed by atoms with Gasteiger partial charge in [0.05, 0.1) is 11.3 Å². The number of aliphatic hydroxyl groups is 1. The summed E-state index contributed by atoms with van der Waals surface area (Å²) in [4.78, 5) is 9.32. The average molecular weight is 382 g/mol. The summed E-state index contributed by atoms with van der Waals surface area (Å²) in [5.41, 5.74) is 6.24. The molecule has 4 aromatic rings. The second-order valence-electron chi connectivity index (χ2n) is 7.91. The van der Waals surface area contributed by atoms with Crippen LogP contribution in [0.5, 0.6) is 0 Å². The second-order valence-corrected chi connectivity index (χ2v) is 7.91. The standard InChI is InChI=1S/C24H22N4O/c1-24(2,29)19-8-10-20(11-9-19)26-22-23-25-12-13-28(23)15-21(27-22)18-7-6-16-4-3-5-17(16)14-18/h3-4,6-15,29H,5H2,1-2H3,(H,26,27). The third kappa shape index (κ3) is 3.30. The third-order valence-electron chi connectivity index (χ3n) is 5.30. The molecule has 1 aliphatic carbocycles. The number of imidazole rings is 1. The average Bonchev–Trinajstić information content (AvgIpc) is 3.36. The molecule has 0 fully saturated rings. The monoisotopic (exact) mass is 382 g/mol. The van der Waals surface area contributed by atoms with E-state index in [-0.39, 0.29) is 0 Å². The van der Waals surface area contributed by atoms with Crippen molar-refractivity contribution < 1.29 is 5.11 Å². The van der Waals surface area contributed by atoms with Gasteiger partial charge in [-0.3, -0.25) is 0 Å². The number of anilines is 2. The third-order valence-corrected chi connectivity index (χ3v) is 5.30. The van der Waals surface area contributed by atoms with Gasteiger partial charge in [-0.05, 0) is 55.2 Å². The van der Waals surface area contributed by atoms with Crippen molar-refractivity contribution in [3.8, 4) is 11.3 Å². The molecule has 5 rings (SSSR count). The minimum atomic E-state index is -0.866. The van der Waals surface area contributed by atoms with E-state index in [9.17, 15) is 5.11 Å². The first kappa shape index (κ1) is 17.6. The largest absolute Gasteiger partial charge is 0.386 e. The molecular weight excluding hydrogens is 360 g/mol. The molecule has 1 aliphatic rings. The molecule has 0 amide bonds. The highest BCUT2D eigenvalue weighted by atomic mass is 16.3. The Kier molecular flexibility index (Phi) is 4.00. The Morgan fingerprint density at radius 3 is 2.72 bits per heavy atom. The van der Waals surface area contributed by atoms with Crippen LogP contribution in [0, 0.1) is 0 Å². The van der Waals surface area contributed by atoms with E-state index in [1.54, 1.807) is 20.0 Å². The molecule has 2 N–H and O–H groups in total. The zero-order chi connectivity index (χ0) is 20.0. The number of hydrogen-bond acceptors (Lipinski definition) is 4. The smallest absolute Gasteiger partial charge is 0.180 e. The van der Waals surface area contributed by atoms with Crippen molar-refractivity contribution in [2.45, 2.75) is 25.9 Å². The predicted octanol–water partition coefficient (Wildman–Crippen LogP) is 4.94. The molecule has 2 heterocycles. The summed E-state index contributed by atoms with van der Waals surface area (Å²) >= 11 is 0. The highest BCUT2D eigenvalue weighted by Crippen LogP contribution is 2.29. The topological polar surface area (TPSA) is 62.5 Å². The minimum absolute atomic E-state index is 0.696. The molecule has 144 valence electrons. The van der Waals surface area contributed by atoms with E-state index >= 15 is 0 Å². The molecule has 5 heteroatoms. The predicted molar refractivity (Wildman–Crippen MR) is 116 cm³/mol. The van der Waals surface area contributed by atoms with E-state index in [1.807, 2.05) is 41.1 Å². The van der Waals surface area contributed by atoms with Gasteiger partial charge in [0.15, 0.2) is 11.5 Å². The van der Waals surface area contributed by atoms with Crippen LogP contribution in [0.3, 0.4) is 0 Å². The van der Waals surface area contributed by atoms with Gasteiger partial charge in [-0.25, -0.2) is 9.97 Å². The van der Waals surface area contributed by atoms with Crippen LogP contribution in [0.4, 0.5) is 11.5 Å². The van der Waals surface area contributed by atoms with E-state index in [2.05, 4.69) is 40.7 Å². The van der Waals surface area contributed by atoms with Crippen LogP contribution in [0.15, 0.2) is 67.1 Å². The van der Waals surface area contributed by atoms with Crippen molar-refractivity contribution in [1.82, 2.24) is 14.4 Å². The number of nitrogens with zero attached hydrogens (tertiary/aromatic N) is 3. The fourth-order valence-electron chi connectivity index (χ4n) is 3.67. The van der Waals surface area contributed by atoms with Crippen molar-refractivity contribution >= 4 is 23.2 Å². The molecule has 2 aromatic carbocycles. The summed E-state index contributed by atoms with van der Waals surface area (Å²) in [6.07, 6.45) is 11.0. The number of hydrogen-bond donors (Lipinski definition) is 2. The Morgan fingerprint density at radius 1 is 1.10 bits per heavy atom. The second kappa shape index (κ2) is 6.57. The number of aromatic nitrogens is 3. The van der Waals surface area contributed by atoms with Crippen LogP contribution in [0.25, 0.3) is 23.0 Å². The number of fused-ring (bicyclic) bond motifs is 2. The molecule has 0 saturated heterocycles. The Bertz CT molecular complexity index is 1230. The molecule has 0 unspecified atom stereocenters. The van der Waals surface area contributed by atoms with Crippen LogP contribution in [-0.2, 0) is 12.0 Å². The molecule has 5 nitrogen and oxygen atoms in total. The molecule has 0 atom stereocenters. The highest BCUT2D eigenvalue weighted by Gasteiger charge is 2.16. The van der Waals surface area contributed by atoms with Crippen molar-refractivity contribution in [2.75, 3.05) is 5.32 Å². The van der Waals surface area contributed by atoms with Crippen molar-refractivity contribution in [3.05, 3.63) is 83.8 Å². The maximum Gasteiger partial charge on any atom is 0.180 e. The number of nitrogens with one attached hydrogen (secondary N) is 1. The Labute approximate surface area is 169 Å².